The Labute approximate surface area is 84.8 Å². The molecule has 0 aliphatic carbocycles. The Kier molecular flexibility index (Phi) is 3.51. The van der Waals surface area contributed by atoms with Crippen molar-refractivity contribution in [1.82, 2.24) is 0 Å². The van der Waals surface area contributed by atoms with Crippen LogP contribution in [0, 0.1) is 16.7 Å². The summed E-state index contributed by atoms with van der Waals surface area (Å²) in [5.74, 6) is 0.108. The maximum Gasteiger partial charge on any atom is 0.148 e. The smallest absolute Gasteiger partial charge is 0.148 e. The summed E-state index contributed by atoms with van der Waals surface area (Å²) in [6.45, 7) is 1.13. The van der Waals surface area contributed by atoms with Crippen LogP contribution in [0.2, 0.25) is 0 Å². The van der Waals surface area contributed by atoms with E-state index in [1.807, 2.05) is 0 Å². The molecule has 1 fully saturated rings. The van der Waals surface area contributed by atoms with Crippen molar-refractivity contribution in [3.8, 4) is 6.07 Å². The van der Waals surface area contributed by atoms with Crippen LogP contribution < -0.4 is 0 Å². The van der Waals surface area contributed by atoms with E-state index in [1.54, 1.807) is 0 Å². The highest BCUT2D eigenvalue weighted by atomic mass is 32.2. The molecule has 0 N–H and O–H groups in total. The molecule has 1 heterocycles. The van der Waals surface area contributed by atoms with E-state index >= 15 is 0 Å². The fraction of sp³-hybridized carbons (Fsp3) is 0.889. The van der Waals surface area contributed by atoms with Crippen LogP contribution in [0.1, 0.15) is 19.3 Å². The first kappa shape index (κ1) is 11.5. The average Bonchev–Trinajstić information content (AvgIpc) is 2.02. The molecule has 5 heteroatoms. The molecular weight excluding hydrogens is 202 g/mol. The largest absolute Gasteiger partial charge is 0.381 e. The van der Waals surface area contributed by atoms with Crippen molar-refractivity contribution >= 4 is 9.84 Å². The van der Waals surface area contributed by atoms with Gasteiger partial charge in [-0.3, -0.25) is 0 Å². The lowest BCUT2D eigenvalue weighted by Gasteiger charge is -2.34. The molecule has 0 aromatic rings. The van der Waals surface area contributed by atoms with Crippen LogP contribution in [-0.2, 0) is 14.6 Å². The number of sulfone groups is 1. The van der Waals surface area contributed by atoms with Gasteiger partial charge in [-0.25, -0.2) is 8.42 Å². The van der Waals surface area contributed by atoms with Gasteiger partial charge >= 0.3 is 0 Å². The highest BCUT2D eigenvalue weighted by Gasteiger charge is 2.35. The molecular formula is C9H15NO3S. The lowest BCUT2D eigenvalue weighted by atomic mass is 9.80. The zero-order valence-electron chi connectivity index (χ0n) is 8.32. The molecule has 0 saturated carbocycles. The van der Waals surface area contributed by atoms with Crippen molar-refractivity contribution in [1.29, 1.82) is 5.26 Å². The first-order valence-corrected chi connectivity index (χ1v) is 6.66. The van der Waals surface area contributed by atoms with Gasteiger partial charge in [-0.2, -0.15) is 5.26 Å². The Bertz CT molecular complexity index is 322. The van der Waals surface area contributed by atoms with Crippen LogP contribution in [0.15, 0.2) is 0 Å². The van der Waals surface area contributed by atoms with Crippen LogP contribution in [0.3, 0.4) is 0 Å². The molecule has 1 saturated heterocycles. The molecule has 1 aliphatic heterocycles. The minimum atomic E-state index is -3.01. The molecule has 0 atom stereocenters. The molecule has 0 amide bonds. The minimum Gasteiger partial charge on any atom is -0.381 e. The lowest BCUT2D eigenvalue weighted by molar-refractivity contribution is 0.0277. The van der Waals surface area contributed by atoms with Gasteiger partial charge in [0.2, 0.25) is 0 Å². The Morgan fingerprint density at radius 3 is 2.43 bits per heavy atom. The van der Waals surface area contributed by atoms with E-state index in [-0.39, 0.29) is 11.2 Å². The molecule has 80 valence electrons. The van der Waals surface area contributed by atoms with Gasteiger partial charge in [-0.05, 0) is 12.8 Å². The molecule has 4 nitrogen and oxygen atoms in total. The quantitative estimate of drug-likeness (QED) is 0.699. The van der Waals surface area contributed by atoms with Gasteiger partial charge in [-0.1, -0.05) is 0 Å². The van der Waals surface area contributed by atoms with Gasteiger partial charge in [0.25, 0.3) is 0 Å². The van der Waals surface area contributed by atoms with Gasteiger partial charge < -0.3 is 4.74 Å². The van der Waals surface area contributed by atoms with E-state index in [1.165, 1.54) is 6.26 Å². The summed E-state index contributed by atoms with van der Waals surface area (Å²) in [6, 6.07) is 2.08. The second-order valence-electron chi connectivity index (χ2n) is 4.02. The van der Waals surface area contributed by atoms with E-state index in [0.29, 0.717) is 32.5 Å². The number of hydrogen-bond donors (Lipinski definition) is 0. The molecule has 0 aromatic carbocycles. The fourth-order valence-corrected chi connectivity index (χ4v) is 3.40. The first-order valence-electron chi connectivity index (χ1n) is 4.60. The summed E-state index contributed by atoms with van der Waals surface area (Å²) in [6.07, 6.45) is 2.88. The van der Waals surface area contributed by atoms with Crippen LogP contribution in [0.25, 0.3) is 0 Å². The third-order valence-electron chi connectivity index (χ3n) is 2.58. The van der Waals surface area contributed by atoms with Gasteiger partial charge in [0.1, 0.15) is 9.84 Å². The highest BCUT2D eigenvalue weighted by molar-refractivity contribution is 7.90. The van der Waals surface area contributed by atoms with Crippen LogP contribution >= 0.6 is 0 Å². The van der Waals surface area contributed by atoms with Gasteiger partial charge in [0.15, 0.2) is 0 Å². The number of hydrogen-bond acceptors (Lipinski definition) is 4. The molecule has 0 unspecified atom stereocenters. The summed E-state index contributed by atoms with van der Waals surface area (Å²) in [5, 5.41) is 8.69. The van der Waals surface area contributed by atoms with Crippen molar-refractivity contribution in [2.24, 2.45) is 5.41 Å². The van der Waals surface area contributed by atoms with Crippen LogP contribution in [-0.4, -0.2) is 33.6 Å². The number of nitrogens with zero attached hydrogens (tertiary/aromatic N) is 1. The van der Waals surface area contributed by atoms with E-state index in [2.05, 4.69) is 6.07 Å². The summed E-state index contributed by atoms with van der Waals surface area (Å²) < 4.78 is 27.6. The van der Waals surface area contributed by atoms with E-state index in [9.17, 15) is 8.42 Å². The van der Waals surface area contributed by atoms with Crippen LogP contribution in [0.5, 0.6) is 0 Å². The maximum atomic E-state index is 11.2. The Morgan fingerprint density at radius 1 is 1.43 bits per heavy atom. The van der Waals surface area contributed by atoms with Crippen molar-refractivity contribution < 1.29 is 13.2 Å². The monoisotopic (exact) mass is 217 g/mol. The zero-order chi connectivity index (χ0) is 10.7. The molecule has 0 bridgehead atoms. The zero-order valence-corrected chi connectivity index (χ0v) is 9.14. The maximum absolute atomic E-state index is 11.2. The van der Waals surface area contributed by atoms with Crippen molar-refractivity contribution in [2.45, 2.75) is 19.3 Å². The molecule has 1 aliphatic rings. The second-order valence-corrected chi connectivity index (χ2v) is 6.16. The third kappa shape index (κ3) is 3.28. The normalized spacial score (nSPS) is 21.4. The standard InChI is InChI=1S/C9H15NO3S/c1-14(11,12)8-9(2-5-10)3-6-13-7-4-9/h2-4,6-8H2,1H3. The van der Waals surface area contributed by atoms with E-state index in [4.69, 9.17) is 10.00 Å². The fourth-order valence-electron chi connectivity index (χ4n) is 1.90. The summed E-state index contributed by atoms with van der Waals surface area (Å²) in [5.41, 5.74) is -0.361. The topological polar surface area (TPSA) is 67.2 Å². The van der Waals surface area contributed by atoms with Gasteiger partial charge in [-0.15, -0.1) is 0 Å². The third-order valence-corrected chi connectivity index (χ3v) is 3.71. The molecule has 0 radical (unpaired) electrons. The summed E-state index contributed by atoms with van der Waals surface area (Å²) >= 11 is 0. The van der Waals surface area contributed by atoms with Crippen LogP contribution in [0.4, 0.5) is 0 Å². The van der Waals surface area contributed by atoms with E-state index in [0.717, 1.165) is 0 Å². The van der Waals surface area contributed by atoms with Gasteiger partial charge in [0, 0.05) is 31.3 Å². The predicted octanol–water partition coefficient (Wildman–Crippen LogP) is 0.741. The second kappa shape index (κ2) is 4.28. The first-order chi connectivity index (χ1) is 6.47. The Morgan fingerprint density at radius 2 is 2.00 bits per heavy atom. The van der Waals surface area contributed by atoms with Crippen molar-refractivity contribution in [2.75, 3.05) is 25.2 Å². The SMILES string of the molecule is CS(=O)(=O)CC1(CC#N)CCOCC1. The molecule has 0 spiro atoms. The number of nitriles is 1. The highest BCUT2D eigenvalue weighted by Crippen LogP contribution is 2.35. The lowest BCUT2D eigenvalue weighted by Crippen LogP contribution is -2.35. The number of rotatable bonds is 3. The Balaban J connectivity index is 2.76. The minimum absolute atomic E-state index is 0.108. The molecule has 0 aromatic heterocycles. The number of ether oxygens (including phenoxy) is 1. The predicted molar refractivity (Wildman–Crippen MR) is 52.4 cm³/mol. The van der Waals surface area contributed by atoms with Crippen molar-refractivity contribution in [3.63, 3.8) is 0 Å². The Hall–Kier alpha value is -0.600. The van der Waals surface area contributed by atoms with E-state index < -0.39 is 9.84 Å². The van der Waals surface area contributed by atoms with Gasteiger partial charge in [0.05, 0.1) is 11.8 Å². The summed E-state index contributed by atoms with van der Waals surface area (Å²) in [4.78, 5) is 0. The molecule has 1 rings (SSSR count). The average molecular weight is 217 g/mol. The van der Waals surface area contributed by atoms with Crippen molar-refractivity contribution in [3.05, 3.63) is 0 Å². The summed E-state index contributed by atoms with van der Waals surface area (Å²) in [7, 11) is -3.01. The molecule has 14 heavy (non-hydrogen) atoms.